The molecule has 1 rings (SSSR count). The minimum atomic E-state index is 0.263. The molecule has 1 aromatic rings. The lowest BCUT2D eigenvalue weighted by atomic mass is 10.1. The summed E-state index contributed by atoms with van der Waals surface area (Å²) >= 11 is 23.2. The van der Waals surface area contributed by atoms with Crippen molar-refractivity contribution < 1.29 is 0 Å². The smallest absolute Gasteiger partial charge is 0.0796 e. The van der Waals surface area contributed by atoms with E-state index in [1.807, 2.05) is 0 Å². The van der Waals surface area contributed by atoms with E-state index in [0.717, 1.165) is 5.56 Å². The quantitative estimate of drug-likeness (QED) is 0.453. The zero-order valence-electron chi connectivity index (χ0n) is 6.22. The topological polar surface area (TPSA) is 0 Å². The van der Waals surface area contributed by atoms with E-state index in [1.165, 1.54) is 0 Å². The molecule has 0 aliphatic carbocycles. The maximum absolute atomic E-state index is 5.85. The average Bonchev–Trinajstić information content (AvgIpc) is 2.08. The molecule has 0 atom stereocenters. The first-order chi connectivity index (χ1) is 5.46. The summed E-state index contributed by atoms with van der Waals surface area (Å²) < 4.78 is 0. The van der Waals surface area contributed by atoms with Gasteiger partial charge in [-0.1, -0.05) is 46.4 Å². The van der Waals surface area contributed by atoms with Gasteiger partial charge in [0.15, 0.2) is 0 Å². The molecule has 0 saturated heterocycles. The Balaban J connectivity index is 3.60. The average molecular weight is 243 g/mol. The van der Waals surface area contributed by atoms with Crippen LogP contribution in [0.15, 0.2) is 0 Å². The van der Waals surface area contributed by atoms with Gasteiger partial charge in [-0.2, -0.15) is 0 Å². The van der Waals surface area contributed by atoms with Gasteiger partial charge >= 0.3 is 0 Å². The predicted molar refractivity (Wildman–Crippen MR) is 55.7 cm³/mol. The van der Waals surface area contributed by atoms with E-state index in [0.29, 0.717) is 15.6 Å². The third-order valence-corrected chi connectivity index (χ3v) is 3.56. The molecule has 1 radical (unpaired) electrons. The van der Waals surface area contributed by atoms with Gasteiger partial charge in [-0.25, -0.2) is 0 Å². The molecule has 4 heteroatoms. The van der Waals surface area contributed by atoms with Gasteiger partial charge < -0.3 is 0 Å². The maximum atomic E-state index is 5.85. The van der Waals surface area contributed by atoms with Crippen LogP contribution >= 0.6 is 46.4 Å². The second kappa shape index (κ2) is 3.63. The summed E-state index contributed by atoms with van der Waals surface area (Å²) in [4.78, 5) is 0. The molecule has 0 unspecified atom stereocenters. The molecular weight excluding hydrogens is 238 g/mol. The summed E-state index contributed by atoms with van der Waals surface area (Å²) in [5, 5.41) is 1.33. The van der Waals surface area contributed by atoms with E-state index >= 15 is 0 Å². The zero-order valence-corrected chi connectivity index (χ0v) is 9.24. The van der Waals surface area contributed by atoms with Gasteiger partial charge in [0.1, 0.15) is 0 Å². The van der Waals surface area contributed by atoms with Crippen LogP contribution in [-0.2, 0) is 0 Å². The van der Waals surface area contributed by atoms with Gasteiger partial charge in [-0.05, 0) is 25.0 Å². The predicted octanol–water partition coefficient (Wildman–Crippen LogP) is 4.79. The Hall–Kier alpha value is 0.380. The van der Waals surface area contributed by atoms with Crippen LogP contribution in [0.5, 0.6) is 0 Å². The Kier molecular flexibility index (Phi) is 3.16. The summed E-state index contributed by atoms with van der Waals surface area (Å²) in [7, 11) is 0. The molecule has 0 spiro atoms. The van der Waals surface area contributed by atoms with Crippen LogP contribution in [0.1, 0.15) is 11.1 Å². The van der Waals surface area contributed by atoms with Gasteiger partial charge in [-0.15, -0.1) is 0 Å². The summed E-state index contributed by atoms with van der Waals surface area (Å²) in [5.74, 6) is 0. The van der Waals surface area contributed by atoms with E-state index in [1.54, 1.807) is 6.92 Å². The Morgan fingerprint density at radius 2 is 1.25 bits per heavy atom. The van der Waals surface area contributed by atoms with Crippen molar-refractivity contribution in [2.24, 2.45) is 0 Å². The zero-order chi connectivity index (χ0) is 9.46. The Morgan fingerprint density at radius 3 is 1.75 bits per heavy atom. The molecule has 0 nitrogen and oxygen atoms in total. The highest BCUT2D eigenvalue weighted by atomic mass is 35.5. The van der Waals surface area contributed by atoms with E-state index in [4.69, 9.17) is 46.4 Å². The minimum absolute atomic E-state index is 0.263. The van der Waals surface area contributed by atoms with Crippen LogP contribution in [0.3, 0.4) is 0 Å². The van der Waals surface area contributed by atoms with Gasteiger partial charge in [0.05, 0.1) is 20.1 Å². The van der Waals surface area contributed by atoms with Gasteiger partial charge in [0.2, 0.25) is 0 Å². The normalized spacial score (nSPS) is 10.5. The number of rotatable bonds is 0. The van der Waals surface area contributed by atoms with E-state index < -0.39 is 0 Å². The molecule has 0 aromatic heterocycles. The molecule has 65 valence electrons. The van der Waals surface area contributed by atoms with Crippen molar-refractivity contribution in [2.45, 2.75) is 6.92 Å². The molecule has 0 aliphatic rings. The molecule has 12 heavy (non-hydrogen) atoms. The second-order valence-electron chi connectivity index (χ2n) is 2.36. The first-order valence-corrected chi connectivity index (χ1v) is 4.62. The highest BCUT2D eigenvalue weighted by Gasteiger charge is 2.14. The van der Waals surface area contributed by atoms with Crippen LogP contribution < -0.4 is 0 Å². The lowest BCUT2D eigenvalue weighted by Crippen LogP contribution is -1.87. The van der Waals surface area contributed by atoms with Crippen LogP contribution in [0.2, 0.25) is 20.1 Å². The van der Waals surface area contributed by atoms with Crippen molar-refractivity contribution in [1.82, 2.24) is 0 Å². The standard InChI is InChI=1S/C8H5Cl4/c1-3-4(2)6(10)8(12)7(11)5(3)9/h1H2,2H3. The van der Waals surface area contributed by atoms with Crippen LogP contribution in [0.4, 0.5) is 0 Å². The Bertz CT molecular complexity index is 225. The number of hydrogen-bond acceptors (Lipinski definition) is 0. The van der Waals surface area contributed by atoms with Crippen LogP contribution in [-0.4, -0.2) is 0 Å². The molecule has 0 N–H and O–H groups in total. The van der Waals surface area contributed by atoms with Crippen molar-refractivity contribution in [3.63, 3.8) is 0 Å². The molecule has 0 aliphatic heterocycles. The Morgan fingerprint density at radius 1 is 0.833 bits per heavy atom. The SMILES string of the molecule is [CH2]c1c(C)c(Cl)c(Cl)c(Cl)c1Cl. The van der Waals surface area contributed by atoms with Gasteiger partial charge in [-0.3, -0.25) is 0 Å². The van der Waals surface area contributed by atoms with E-state index in [9.17, 15) is 0 Å². The van der Waals surface area contributed by atoms with E-state index in [2.05, 4.69) is 6.92 Å². The molecule has 0 heterocycles. The van der Waals surface area contributed by atoms with Gasteiger partial charge in [0.25, 0.3) is 0 Å². The first-order valence-electron chi connectivity index (χ1n) is 3.11. The summed E-state index contributed by atoms with van der Waals surface area (Å²) in [6, 6.07) is 0. The number of halogens is 4. The summed E-state index contributed by atoms with van der Waals surface area (Å²) in [6.45, 7) is 5.51. The molecule has 0 fully saturated rings. The summed E-state index contributed by atoms with van der Waals surface area (Å²) in [6.07, 6.45) is 0. The monoisotopic (exact) mass is 241 g/mol. The van der Waals surface area contributed by atoms with Crippen molar-refractivity contribution in [3.8, 4) is 0 Å². The lowest BCUT2D eigenvalue weighted by Gasteiger charge is -2.09. The van der Waals surface area contributed by atoms with Crippen molar-refractivity contribution in [1.29, 1.82) is 0 Å². The molecule has 0 saturated carbocycles. The highest BCUT2D eigenvalue weighted by Crippen LogP contribution is 2.40. The molecule has 1 aromatic carbocycles. The molecule has 0 amide bonds. The van der Waals surface area contributed by atoms with Crippen LogP contribution in [0.25, 0.3) is 0 Å². The third-order valence-electron chi connectivity index (χ3n) is 1.62. The highest BCUT2D eigenvalue weighted by molar-refractivity contribution is 6.52. The number of benzene rings is 1. The maximum Gasteiger partial charge on any atom is 0.0796 e. The fourth-order valence-corrected chi connectivity index (χ4v) is 1.77. The van der Waals surface area contributed by atoms with Crippen molar-refractivity contribution >= 4 is 46.4 Å². The van der Waals surface area contributed by atoms with E-state index in [-0.39, 0.29) is 10.0 Å². The fourth-order valence-electron chi connectivity index (χ4n) is 0.787. The van der Waals surface area contributed by atoms with Crippen LogP contribution in [0, 0.1) is 13.8 Å². The van der Waals surface area contributed by atoms with Gasteiger partial charge in [0, 0.05) is 0 Å². The van der Waals surface area contributed by atoms with Crippen molar-refractivity contribution in [3.05, 3.63) is 38.1 Å². The largest absolute Gasteiger partial charge is 0.0824 e. The fraction of sp³-hybridized carbons (Fsp3) is 0.125. The molecule has 0 bridgehead atoms. The second-order valence-corrected chi connectivity index (χ2v) is 3.87. The Labute approximate surface area is 91.4 Å². The lowest BCUT2D eigenvalue weighted by molar-refractivity contribution is 1.42. The molecular formula is C8H5Cl4. The first kappa shape index (κ1) is 10.5. The number of hydrogen-bond donors (Lipinski definition) is 0. The minimum Gasteiger partial charge on any atom is -0.0824 e. The third kappa shape index (κ3) is 1.54. The van der Waals surface area contributed by atoms with Crippen molar-refractivity contribution in [2.75, 3.05) is 0 Å². The summed E-state index contributed by atoms with van der Waals surface area (Å²) in [5.41, 5.74) is 1.38.